The predicted molar refractivity (Wildman–Crippen MR) is 111 cm³/mol. The van der Waals surface area contributed by atoms with Crippen LogP contribution < -0.4 is 56.3 Å². The molecule has 0 aromatic heterocycles. The Morgan fingerprint density at radius 1 is 0.862 bits per heavy atom. The normalized spacial score (nSPS) is 13.6. The van der Waals surface area contributed by atoms with Crippen LogP contribution in [0.15, 0.2) is 0 Å². The summed E-state index contributed by atoms with van der Waals surface area (Å²) >= 11 is 0. The van der Waals surface area contributed by atoms with Crippen LogP contribution in [-0.4, -0.2) is 24.1 Å². The first kappa shape index (κ1) is 32.4. The molecule has 0 saturated carbocycles. The van der Waals surface area contributed by atoms with Crippen molar-refractivity contribution in [1.82, 2.24) is 0 Å². The number of ether oxygens (including phenoxy) is 1. The average molecular weight is 461 g/mol. The van der Waals surface area contributed by atoms with Gasteiger partial charge in [-0.2, -0.15) is 0 Å². The number of phosphoric ester groups is 1. The molecular formula is C21H42KO6P. The zero-order chi connectivity index (χ0) is 21.3. The summed E-state index contributed by atoms with van der Waals surface area (Å²) in [5, 5.41) is 0. The number of rotatable bonds is 19. The van der Waals surface area contributed by atoms with Crippen LogP contribution in [0.2, 0.25) is 0 Å². The topological polar surface area (TPSA) is 95.9 Å². The first-order chi connectivity index (χ1) is 13.2. The zero-order valence-electron chi connectivity index (χ0n) is 19.2. The number of hydrogen-bond donors (Lipinski definition) is 1. The molecule has 0 bridgehead atoms. The van der Waals surface area contributed by atoms with E-state index in [-0.39, 0.29) is 70.6 Å². The molecule has 168 valence electrons. The Bertz CT molecular complexity index is 439. The van der Waals surface area contributed by atoms with Gasteiger partial charge in [-0.05, 0) is 6.42 Å². The van der Waals surface area contributed by atoms with Crippen LogP contribution in [0.3, 0.4) is 0 Å². The van der Waals surface area contributed by atoms with Crippen molar-refractivity contribution in [3.05, 3.63) is 0 Å². The maximum absolute atomic E-state index is 11.8. The Labute approximate surface area is 220 Å². The Kier molecular flexibility index (Phi) is 22.2. The largest absolute Gasteiger partial charge is 1.00 e. The predicted octanol–water partition coefficient (Wildman–Crippen LogP) is 2.52. The van der Waals surface area contributed by atoms with E-state index in [9.17, 15) is 14.3 Å². The molecule has 0 radical (unpaired) electrons. The van der Waals surface area contributed by atoms with Gasteiger partial charge in [0.2, 0.25) is 0 Å². The van der Waals surface area contributed by atoms with Crippen molar-refractivity contribution in [3.8, 4) is 0 Å². The molecule has 0 amide bonds. The maximum Gasteiger partial charge on any atom is 1.00 e. The molecule has 0 aliphatic carbocycles. The van der Waals surface area contributed by atoms with Gasteiger partial charge in [0.15, 0.2) is 0 Å². The van der Waals surface area contributed by atoms with E-state index in [0.29, 0.717) is 6.42 Å². The van der Waals surface area contributed by atoms with Gasteiger partial charge < -0.3 is 19.0 Å². The molecule has 0 aliphatic rings. The minimum Gasteiger partial charge on any atom is -0.756 e. The molecule has 1 unspecified atom stereocenters. The number of carbonyl (C=O) groups excluding carboxylic acids is 1. The third kappa shape index (κ3) is 25.4. The van der Waals surface area contributed by atoms with E-state index in [1.807, 2.05) is 0 Å². The van der Waals surface area contributed by atoms with E-state index in [1.54, 1.807) is 13.8 Å². The van der Waals surface area contributed by atoms with E-state index < -0.39 is 13.2 Å². The molecule has 0 fully saturated rings. The second kappa shape index (κ2) is 19.9. The van der Waals surface area contributed by atoms with Crippen LogP contribution >= 0.6 is 7.82 Å². The van der Waals surface area contributed by atoms with Crippen molar-refractivity contribution in [2.24, 2.45) is 5.41 Å². The number of phosphoric acid groups is 1. The number of esters is 1. The van der Waals surface area contributed by atoms with Crippen molar-refractivity contribution in [3.63, 3.8) is 0 Å². The molecule has 29 heavy (non-hydrogen) atoms. The third-order valence-electron chi connectivity index (χ3n) is 4.73. The Hall–Kier alpha value is 1.22. The summed E-state index contributed by atoms with van der Waals surface area (Å²) in [5.74, 6) is -0.273. The number of unbranched alkanes of at least 4 members (excludes halogenated alkanes) is 12. The SMILES string of the molecule is CCCCCCCCCCCCCCCC(=O)OCC(C)(C)COP(=O)([O-])O.[K+]. The molecule has 0 heterocycles. The molecule has 0 saturated heterocycles. The van der Waals surface area contributed by atoms with Crippen molar-refractivity contribution < 1.29 is 79.8 Å². The van der Waals surface area contributed by atoms with Gasteiger partial charge in [0.1, 0.15) is 0 Å². The first-order valence-corrected chi connectivity index (χ1v) is 12.5. The standard InChI is InChI=1S/C21H43O6P.K/c1-4-5-6-7-8-9-10-11-12-13-14-15-16-17-20(22)26-18-21(2,3)19-27-28(23,24)25;/h4-19H2,1-3H3,(H2,23,24,25);/q;+1/p-1. The quantitative estimate of drug-likeness (QED) is 0.138. The van der Waals surface area contributed by atoms with E-state index in [1.165, 1.54) is 64.2 Å². The molecule has 0 aliphatic heterocycles. The number of hydrogen-bond acceptors (Lipinski definition) is 5. The molecule has 0 spiro atoms. The van der Waals surface area contributed by atoms with Crippen LogP contribution in [0.25, 0.3) is 0 Å². The van der Waals surface area contributed by atoms with Crippen LogP contribution in [0.5, 0.6) is 0 Å². The van der Waals surface area contributed by atoms with Gasteiger partial charge in [-0.1, -0.05) is 97.8 Å². The molecule has 8 heteroatoms. The summed E-state index contributed by atoms with van der Waals surface area (Å²) in [6, 6.07) is 0. The molecule has 1 atom stereocenters. The van der Waals surface area contributed by atoms with Crippen molar-refractivity contribution >= 4 is 13.8 Å². The van der Waals surface area contributed by atoms with E-state index >= 15 is 0 Å². The van der Waals surface area contributed by atoms with E-state index in [2.05, 4.69) is 11.4 Å². The Balaban J connectivity index is 0. The average Bonchev–Trinajstić information content (AvgIpc) is 2.62. The summed E-state index contributed by atoms with van der Waals surface area (Å²) in [6.07, 6.45) is 16.7. The maximum atomic E-state index is 11.8. The molecule has 1 N–H and O–H groups in total. The van der Waals surface area contributed by atoms with Gasteiger partial charge in [-0.15, -0.1) is 0 Å². The smallest absolute Gasteiger partial charge is 0.756 e. The molecule has 0 rings (SSSR count). The van der Waals surface area contributed by atoms with Gasteiger partial charge in [0.25, 0.3) is 7.82 Å². The molecule has 6 nitrogen and oxygen atoms in total. The fourth-order valence-corrected chi connectivity index (χ4v) is 3.45. The monoisotopic (exact) mass is 460 g/mol. The van der Waals surface area contributed by atoms with Gasteiger partial charge in [-0.3, -0.25) is 9.36 Å². The van der Waals surface area contributed by atoms with E-state index in [4.69, 9.17) is 9.63 Å². The van der Waals surface area contributed by atoms with Crippen LogP contribution in [0.4, 0.5) is 0 Å². The molecular weight excluding hydrogens is 418 g/mol. The fraction of sp³-hybridized carbons (Fsp3) is 0.952. The molecule has 0 aromatic carbocycles. The van der Waals surface area contributed by atoms with Gasteiger partial charge in [0.05, 0.1) is 13.2 Å². The Morgan fingerprint density at radius 2 is 1.28 bits per heavy atom. The second-order valence-electron chi connectivity index (χ2n) is 8.56. The second-order valence-corrected chi connectivity index (χ2v) is 9.75. The van der Waals surface area contributed by atoms with Crippen LogP contribution in [0.1, 0.15) is 111 Å². The van der Waals surface area contributed by atoms with Gasteiger partial charge in [-0.25, -0.2) is 0 Å². The Morgan fingerprint density at radius 3 is 1.69 bits per heavy atom. The van der Waals surface area contributed by atoms with Gasteiger partial charge in [0, 0.05) is 11.8 Å². The summed E-state index contributed by atoms with van der Waals surface area (Å²) in [6.45, 7) is 5.50. The van der Waals surface area contributed by atoms with Gasteiger partial charge >= 0.3 is 57.4 Å². The summed E-state index contributed by atoms with van der Waals surface area (Å²) < 4.78 is 20.2. The fourth-order valence-electron chi connectivity index (χ4n) is 2.93. The van der Waals surface area contributed by atoms with Crippen LogP contribution in [0, 0.1) is 5.41 Å². The van der Waals surface area contributed by atoms with E-state index in [0.717, 1.165) is 19.3 Å². The zero-order valence-corrected chi connectivity index (χ0v) is 23.3. The summed E-state index contributed by atoms with van der Waals surface area (Å²) in [5.41, 5.74) is -0.672. The van der Waals surface area contributed by atoms with Crippen molar-refractivity contribution in [1.29, 1.82) is 0 Å². The van der Waals surface area contributed by atoms with Crippen molar-refractivity contribution in [2.45, 2.75) is 111 Å². The van der Waals surface area contributed by atoms with Crippen LogP contribution in [-0.2, 0) is 18.6 Å². The minimum atomic E-state index is -4.74. The van der Waals surface area contributed by atoms with Crippen molar-refractivity contribution in [2.75, 3.05) is 13.2 Å². The third-order valence-corrected chi connectivity index (χ3v) is 5.18. The minimum absolute atomic E-state index is 0. The number of carbonyl (C=O) groups is 1. The summed E-state index contributed by atoms with van der Waals surface area (Å²) in [7, 11) is -4.74. The molecule has 0 aromatic rings. The first-order valence-electron chi connectivity index (χ1n) is 11.0. The summed E-state index contributed by atoms with van der Waals surface area (Å²) in [4.78, 5) is 31.0.